The Kier molecular flexibility index (Phi) is 7.57. The highest BCUT2D eigenvalue weighted by Gasteiger charge is 2.32. The lowest BCUT2D eigenvalue weighted by Crippen LogP contribution is -2.49. The van der Waals surface area contributed by atoms with Crippen LogP contribution in [-0.2, 0) is 21.2 Å². The van der Waals surface area contributed by atoms with Gasteiger partial charge in [-0.05, 0) is 43.9 Å². The number of amides is 1. The molecule has 0 saturated heterocycles. The van der Waals surface area contributed by atoms with E-state index in [-0.39, 0.29) is 12.1 Å². The number of nitrogens with one attached hydrogen (secondary N) is 1. The minimum atomic E-state index is -3.84. The number of carbonyl (C=O) groups excluding carboxylic acids is 1. The fourth-order valence-corrected chi connectivity index (χ4v) is 4.37. The Morgan fingerprint density at radius 1 is 1.18 bits per heavy atom. The molecular formula is C21H27FN2O3S. The van der Waals surface area contributed by atoms with Crippen LogP contribution in [0.3, 0.4) is 0 Å². The molecule has 0 spiro atoms. The molecular weight excluding hydrogens is 379 g/mol. The highest BCUT2D eigenvalue weighted by atomic mass is 32.2. The van der Waals surface area contributed by atoms with Crippen LogP contribution < -0.4 is 9.62 Å². The summed E-state index contributed by atoms with van der Waals surface area (Å²) < 4.78 is 39.7. The van der Waals surface area contributed by atoms with Crippen molar-refractivity contribution in [3.05, 3.63) is 65.5 Å². The summed E-state index contributed by atoms with van der Waals surface area (Å²) in [5.41, 5.74) is 2.25. The molecule has 0 bridgehead atoms. The number of halogens is 1. The molecule has 0 aliphatic carbocycles. The van der Waals surface area contributed by atoms with E-state index in [4.69, 9.17) is 0 Å². The molecule has 1 amide bonds. The van der Waals surface area contributed by atoms with Crippen LogP contribution in [0.5, 0.6) is 0 Å². The maximum absolute atomic E-state index is 14.2. The lowest BCUT2D eigenvalue weighted by atomic mass is 10.1. The van der Waals surface area contributed by atoms with Crippen LogP contribution >= 0.6 is 0 Å². The smallest absolute Gasteiger partial charge is 0.243 e. The largest absolute Gasteiger partial charge is 0.354 e. The first-order valence-corrected chi connectivity index (χ1v) is 11.2. The Morgan fingerprint density at radius 2 is 1.89 bits per heavy atom. The number of benzene rings is 2. The second-order valence-corrected chi connectivity index (χ2v) is 8.68. The molecule has 152 valence electrons. The van der Waals surface area contributed by atoms with Crippen molar-refractivity contribution in [3.8, 4) is 0 Å². The number of hydrogen-bond donors (Lipinski definition) is 1. The fraction of sp³-hybridized carbons (Fsp3) is 0.381. The maximum atomic E-state index is 14.2. The third-order valence-electron chi connectivity index (χ3n) is 4.44. The van der Waals surface area contributed by atoms with Crippen molar-refractivity contribution in [2.45, 2.75) is 39.2 Å². The van der Waals surface area contributed by atoms with Crippen LogP contribution in [0.4, 0.5) is 10.1 Å². The SMILES string of the molecule is CC[C@H](C(=O)NCCCc1cccc(C)c1)N(c1ccccc1F)S(C)(=O)=O. The zero-order valence-electron chi connectivity index (χ0n) is 16.5. The molecule has 7 heteroatoms. The zero-order valence-corrected chi connectivity index (χ0v) is 17.3. The Balaban J connectivity index is 2.06. The van der Waals surface area contributed by atoms with Crippen molar-refractivity contribution < 1.29 is 17.6 Å². The third-order valence-corrected chi connectivity index (χ3v) is 5.61. The highest BCUT2D eigenvalue weighted by molar-refractivity contribution is 7.92. The number of para-hydroxylation sites is 1. The van der Waals surface area contributed by atoms with Gasteiger partial charge in [-0.2, -0.15) is 0 Å². The second kappa shape index (κ2) is 9.68. The van der Waals surface area contributed by atoms with Gasteiger partial charge in [0.25, 0.3) is 0 Å². The first-order chi connectivity index (χ1) is 13.2. The molecule has 5 nitrogen and oxygen atoms in total. The van der Waals surface area contributed by atoms with Crippen molar-refractivity contribution in [3.63, 3.8) is 0 Å². The van der Waals surface area contributed by atoms with E-state index < -0.39 is 27.8 Å². The topological polar surface area (TPSA) is 66.5 Å². The van der Waals surface area contributed by atoms with Gasteiger partial charge in [0.05, 0.1) is 11.9 Å². The van der Waals surface area contributed by atoms with E-state index in [0.29, 0.717) is 6.54 Å². The van der Waals surface area contributed by atoms with Gasteiger partial charge in [0, 0.05) is 6.54 Å². The van der Waals surface area contributed by atoms with Gasteiger partial charge in [0.15, 0.2) is 0 Å². The molecule has 28 heavy (non-hydrogen) atoms. The summed E-state index contributed by atoms with van der Waals surface area (Å²) in [4.78, 5) is 12.7. The number of nitrogens with zero attached hydrogens (tertiary/aromatic N) is 1. The van der Waals surface area contributed by atoms with Gasteiger partial charge < -0.3 is 5.32 Å². The van der Waals surface area contributed by atoms with E-state index in [1.54, 1.807) is 13.0 Å². The van der Waals surface area contributed by atoms with Gasteiger partial charge in [0.2, 0.25) is 15.9 Å². The van der Waals surface area contributed by atoms with Crippen molar-refractivity contribution in [1.29, 1.82) is 0 Å². The third kappa shape index (κ3) is 5.79. The van der Waals surface area contributed by atoms with Crippen LogP contribution in [-0.4, -0.2) is 33.2 Å². The van der Waals surface area contributed by atoms with Gasteiger partial charge in [-0.25, -0.2) is 12.8 Å². The van der Waals surface area contributed by atoms with Crippen molar-refractivity contribution in [2.75, 3.05) is 17.1 Å². The summed E-state index contributed by atoms with van der Waals surface area (Å²) in [6.07, 6.45) is 2.74. The summed E-state index contributed by atoms with van der Waals surface area (Å²) >= 11 is 0. The second-order valence-electron chi connectivity index (χ2n) is 6.82. The molecule has 0 saturated carbocycles. The molecule has 0 heterocycles. The van der Waals surface area contributed by atoms with Gasteiger partial charge in [-0.3, -0.25) is 9.10 Å². The number of sulfonamides is 1. The van der Waals surface area contributed by atoms with Gasteiger partial charge >= 0.3 is 0 Å². The van der Waals surface area contributed by atoms with E-state index >= 15 is 0 Å². The van der Waals surface area contributed by atoms with Gasteiger partial charge in [-0.15, -0.1) is 0 Å². The van der Waals surface area contributed by atoms with Gasteiger partial charge in [0.1, 0.15) is 11.9 Å². The number of hydrogen-bond acceptors (Lipinski definition) is 3. The van der Waals surface area contributed by atoms with Crippen molar-refractivity contribution in [2.24, 2.45) is 0 Å². The summed E-state index contributed by atoms with van der Waals surface area (Å²) in [5, 5.41) is 2.79. The lowest BCUT2D eigenvalue weighted by Gasteiger charge is -2.30. The van der Waals surface area contributed by atoms with E-state index in [0.717, 1.165) is 23.4 Å². The predicted octanol–water partition coefficient (Wildman–Crippen LogP) is 3.43. The Bertz CT molecular complexity index is 915. The van der Waals surface area contributed by atoms with E-state index in [2.05, 4.69) is 11.4 Å². The fourth-order valence-electron chi connectivity index (χ4n) is 3.16. The Labute approximate surface area is 166 Å². The molecule has 2 aromatic rings. The van der Waals surface area contributed by atoms with Crippen LogP contribution in [0.1, 0.15) is 30.9 Å². The molecule has 0 unspecified atom stereocenters. The summed E-state index contributed by atoms with van der Waals surface area (Å²) in [7, 11) is -3.84. The highest BCUT2D eigenvalue weighted by Crippen LogP contribution is 2.25. The van der Waals surface area contributed by atoms with Crippen LogP contribution in [0, 0.1) is 12.7 Å². The Morgan fingerprint density at radius 3 is 2.50 bits per heavy atom. The summed E-state index contributed by atoms with van der Waals surface area (Å²) in [6.45, 7) is 4.15. The number of carbonyl (C=O) groups is 1. The Hall–Kier alpha value is -2.41. The minimum Gasteiger partial charge on any atom is -0.354 e. The standard InChI is InChI=1S/C21H27FN2O3S/c1-4-19(24(28(3,26)27)20-13-6-5-12-18(20)22)21(25)23-14-8-11-17-10-7-9-16(2)15-17/h5-7,9-10,12-13,15,19H,4,8,11,14H2,1-3H3,(H,23,25)/t19-/m1/s1. The van der Waals surface area contributed by atoms with E-state index in [1.165, 1.54) is 29.3 Å². The quantitative estimate of drug-likeness (QED) is 0.649. The average molecular weight is 407 g/mol. The predicted molar refractivity (Wildman–Crippen MR) is 110 cm³/mol. The maximum Gasteiger partial charge on any atom is 0.243 e. The molecule has 0 aliphatic heterocycles. The van der Waals surface area contributed by atoms with Crippen molar-refractivity contribution >= 4 is 21.6 Å². The lowest BCUT2D eigenvalue weighted by molar-refractivity contribution is -0.122. The molecule has 0 aromatic heterocycles. The normalized spacial score (nSPS) is 12.4. The monoisotopic (exact) mass is 406 g/mol. The molecule has 0 aliphatic rings. The number of anilines is 1. The molecule has 2 rings (SSSR count). The molecule has 0 fully saturated rings. The molecule has 2 aromatic carbocycles. The van der Waals surface area contributed by atoms with E-state index in [9.17, 15) is 17.6 Å². The average Bonchev–Trinajstić information content (AvgIpc) is 2.63. The number of aryl methyl sites for hydroxylation is 2. The first-order valence-electron chi connectivity index (χ1n) is 9.31. The minimum absolute atomic E-state index is 0.119. The zero-order chi connectivity index (χ0) is 20.7. The first kappa shape index (κ1) is 21.9. The number of rotatable bonds is 9. The molecule has 0 radical (unpaired) electrons. The summed E-state index contributed by atoms with van der Waals surface area (Å²) in [6, 6.07) is 12.7. The summed E-state index contributed by atoms with van der Waals surface area (Å²) in [5.74, 6) is -1.11. The van der Waals surface area contributed by atoms with Crippen molar-refractivity contribution in [1.82, 2.24) is 5.32 Å². The molecule has 1 N–H and O–H groups in total. The van der Waals surface area contributed by atoms with Crippen LogP contribution in [0.2, 0.25) is 0 Å². The van der Waals surface area contributed by atoms with E-state index in [1.807, 2.05) is 25.1 Å². The van der Waals surface area contributed by atoms with Crippen LogP contribution in [0.25, 0.3) is 0 Å². The van der Waals surface area contributed by atoms with Gasteiger partial charge in [-0.1, -0.05) is 48.9 Å². The molecule has 1 atom stereocenters. The van der Waals surface area contributed by atoms with Crippen LogP contribution in [0.15, 0.2) is 48.5 Å².